The quantitative estimate of drug-likeness (QED) is 0.471. The van der Waals surface area contributed by atoms with Gasteiger partial charge in [0.15, 0.2) is 5.65 Å². The maximum atomic E-state index is 13.0. The van der Waals surface area contributed by atoms with Crippen LogP contribution in [0.2, 0.25) is 5.02 Å². The zero-order valence-electron chi connectivity index (χ0n) is 15.7. The van der Waals surface area contributed by atoms with E-state index < -0.39 is 11.7 Å². The molecule has 2 heterocycles. The van der Waals surface area contributed by atoms with Crippen molar-refractivity contribution in [3.05, 3.63) is 46.9 Å². The third-order valence-corrected chi connectivity index (χ3v) is 5.78. The molecule has 28 heavy (non-hydrogen) atoms. The van der Waals surface area contributed by atoms with E-state index in [1.807, 2.05) is 0 Å². The molecule has 0 N–H and O–H groups in total. The first-order chi connectivity index (χ1) is 13.3. The summed E-state index contributed by atoms with van der Waals surface area (Å²) in [5.41, 5.74) is 1.96. The first-order valence-electron chi connectivity index (χ1n) is 9.58. The van der Waals surface area contributed by atoms with E-state index in [0.717, 1.165) is 36.4 Å². The van der Waals surface area contributed by atoms with Gasteiger partial charge in [-0.1, -0.05) is 31.5 Å². The summed E-state index contributed by atoms with van der Waals surface area (Å²) in [5, 5.41) is 0.0594. The first-order valence-corrected chi connectivity index (χ1v) is 9.95. The van der Waals surface area contributed by atoms with Gasteiger partial charge in [0.25, 0.3) is 0 Å². The molecule has 0 amide bonds. The van der Waals surface area contributed by atoms with Gasteiger partial charge in [-0.15, -0.1) is 0 Å². The Morgan fingerprint density at radius 1 is 1.18 bits per heavy atom. The monoisotopic (exact) mass is 407 g/mol. The smallest absolute Gasteiger partial charge is 0.309 e. The maximum absolute atomic E-state index is 13.0. The molecule has 2 aromatic heterocycles. The van der Waals surface area contributed by atoms with Gasteiger partial charge >= 0.3 is 6.18 Å². The van der Waals surface area contributed by atoms with Gasteiger partial charge in [0.05, 0.1) is 5.56 Å². The topological polar surface area (TPSA) is 30.7 Å². The Hall–Kier alpha value is -2.08. The maximum Gasteiger partial charge on any atom is 0.416 e. The van der Waals surface area contributed by atoms with E-state index in [1.165, 1.54) is 18.9 Å². The van der Waals surface area contributed by atoms with Crippen LogP contribution < -0.4 is 0 Å². The highest BCUT2D eigenvalue weighted by Gasteiger charge is 2.34. The van der Waals surface area contributed by atoms with E-state index in [0.29, 0.717) is 28.6 Å². The van der Waals surface area contributed by atoms with Gasteiger partial charge in [-0.3, -0.25) is 0 Å². The molecule has 4 rings (SSSR count). The molecule has 1 saturated carbocycles. The second-order valence-corrected chi connectivity index (χ2v) is 7.69. The minimum absolute atomic E-state index is 0.0594. The summed E-state index contributed by atoms with van der Waals surface area (Å²) >= 11 is 6.25. The summed E-state index contributed by atoms with van der Waals surface area (Å²) in [6, 6.07) is 5.57. The predicted molar refractivity (Wildman–Crippen MR) is 104 cm³/mol. The Kier molecular flexibility index (Phi) is 4.86. The van der Waals surface area contributed by atoms with Gasteiger partial charge in [-0.25, -0.2) is 9.97 Å². The van der Waals surface area contributed by atoms with Crippen molar-refractivity contribution in [1.82, 2.24) is 14.5 Å². The molecule has 3 nitrogen and oxygen atoms in total. The standard InChI is InChI=1S/C21H21ClF3N3/c1-3-17(12-5-6-12)28-18(4-2)27-19-15(9-10-26-20(19)28)14-8-7-13(11-16(14)22)21(23,24)25/h7-12,17H,3-6H2,1-2H3. The number of aromatic nitrogens is 3. The molecule has 0 spiro atoms. The van der Waals surface area contributed by atoms with Crippen LogP contribution in [0.25, 0.3) is 22.3 Å². The molecule has 148 valence electrons. The summed E-state index contributed by atoms with van der Waals surface area (Å²) < 4.78 is 41.2. The van der Waals surface area contributed by atoms with Gasteiger partial charge in [-0.05, 0) is 43.4 Å². The average molecular weight is 408 g/mol. The summed E-state index contributed by atoms with van der Waals surface area (Å²) in [4.78, 5) is 9.40. The highest BCUT2D eigenvalue weighted by molar-refractivity contribution is 6.33. The SMILES string of the molecule is CCc1nc2c(-c3ccc(C(F)(F)F)cc3Cl)ccnc2n1C(CC)C1CC1. The van der Waals surface area contributed by atoms with Crippen LogP contribution in [-0.2, 0) is 12.6 Å². The minimum Gasteiger partial charge on any atom is -0.309 e. The summed E-state index contributed by atoms with van der Waals surface area (Å²) in [6.07, 6.45) is 1.45. The van der Waals surface area contributed by atoms with Gasteiger partial charge in [0, 0.05) is 34.8 Å². The summed E-state index contributed by atoms with van der Waals surface area (Å²) in [5.74, 6) is 1.60. The Morgan fingerprint density at radius 2 is 1.93 bits per heavy atom. The van der Waals surface area contributed by atoms with E-state index in [1.54, 1.807) is 12.3 Å². The molecule has 0 aliphatic heterocycles. The largest absolute Gasteiger partial charge is 0.416 e. The van der Waals surface area contributed by atoms with E-state index in [9.17, 15) is 13.2 Å². The molecule has 1 aromatic carbocycles. The molecule has 1 unspecified atom stereocenters. The van der Waals surface area contributed by atoms with Crippen LogP contribution in [0.3, 0.4) is 0 Å². The van der Waals surface area contributed by atoms with Crippen LogP contribution in [-0.4, -0.2) is 14.5 Å². The van der Waals surface area contributed by atoms with Gasteiger partial charge in [-0.2, -0.15) is 13.2 Å². The van der Waals surface area contributed by atoms with Crippen molar-refractivity contribution in [3.63, 3.8) is 0 Å². The van der Waals surface area contributed by atoms with E-state index in [2.05, 4.69) is 23.4 Å². The molecule has 0 saturated heterocycles. The fraction of sp³-hybridized carbons (Fsp3) is 0.429. The minimum atomic E-state index is -4.43. The van der Waals surface area contributed by atoms with Crippen LogP contribution in [0.5, 0.6) is 0 Å². The van der Waals surface area contributed by atoms with Crippen LogP contribution in [0.15, 0.2) is 30.5 Å². The van der Waals surface area contributed by atoms with Crippen LogP contribution in [0.1, 0.15) is 50.5 Å². The molecule has 0 bridgehead atoms. The molecular weight excluding hydrogens is 387 g/mol. The van der Waals surface area contributed by atoms with Gasteiger partial charge in [0.2, 0.25) is 0 Å². The number of imidazole rings is 1. The molecule has 1 aliphatic rings. The Balaban J connectivity index is 1.89. The van der Waals surface area contributed by atoms with Crippen LogP contribution in [0, 0.1) is 5.92 Å². The van der Waals surface area contributed by atoms with E-state index in [-0.39, 0.29) is 5.02 Å². The normalized spacial score (nSPS) is 15.9. The Labute approximate surface area is 166 Å². The zero-order chi connectivity index (χ0) is 20.1. The fourth-order valence-corrected chi connectivity index (χ4v) is 4.25. The third-order valence-electron chi connectivity index (χ3n) is 5.47. The van der Waals surface area contributed by atoms with Crippen molar-refractivity contribution < 1.29 is 13.2 Å². The lowest BCUT2D eigenvalue weighted by Crippen LogP contribution is -2.13. The second-order valence-electron chi connectivity index (χ2n) is 7.29. The zero-order valence-corrected chi connectivity index (χ0v) is 16.5. The van der Waals surface area contributed by atoms with Gasteiger partial charge in [0.1, 0.15) is 11.3 Å². The predicted octanol–water partition coefficient (Wildman–Crippen LogP) is 6.69. The molecule has 3 aromatic rings. The lowest BCUT2D eigenvalue weighted by molar-refractivity contribution is -0.137. The highest BCUT2D eigenvalue weighted by atomic mass is 35.5. The van der Waals surface area contributed by atoms with Crippen molar-refractivity contribution in [2.75, 3.05) is 0 Å². The van der Waals surface area contributed by atoms with Crippen LogP contribution in [0.4, 0.5) is 13.2 Å². The van der Waals surface area contributed by atoms with E-state index >= 15 is 0 Å². The fourth-order valence-electron chi connectivity index (χ4n) is 3.97. The number of aryl methyl sites for hydroxylation is 1. The number of nitrogens with zero attached hydrogens (tertiary/aromatic N) is 3. The molecule has 0 radical (unpaired) electrons. The van der Waals surface area contributed by atoms with Crippen molar-refractivity contribution >= 4 is 22.8 Å². The van der Waals surface area contributed by atoms with Crippen molar-refractivity contribution in [1.29, 1.82) is 0 Å². The molecule has 1 atom stereocenters. The van der Waals surface area contributed by atoms with Crippen molar-refractivity contribution in [2.45, 2.75) is 51.7 Å². The van der Waals surface area contributed by atoms with Crippen molar-refractivity contribution in [3.8, 4) is 11.1 Å². The lowest BCUT2D eigenvalue weighted by atomic mass is 10.0. The Bertz CT molecular complexity index is 1020. The summed E-state index contributed by atoms with van der Waals surface area (Å²) in [6.45, 7) is 4.23. The molecule has 1 fully saturated rings. The first kappa shape index (κ1) is 19.2. The number of hydrogen-bond acceptors (Lipinski definition) is 2. The Morgan fingerprint density at radius 3 is 2.50 bits per heavy atom. The highest BCUT2D eigenvalue weighted by Crippen LogP contribution is 2.44. The number of alkyl halides is 3. The molecule has 1 aliphatic carbocycles. The summed E-state index contributed by atoms with van der Waals surface area (Å²) in [7, 11) is 0. The van der Waals surface area contributed by atoms with Crippen LogP contribution >= 0.6 is 11.6 Å². The van der Waals surface area contributed by atoms with Gasteiger partial charge < -0.3 is 4.57 Å². The molecule has 7 heteroatoms. The van der Waals surface area contributed by atoms with Crippen molar-refractivity contribution in [2.24, 2.45) is 5.92 Å². The third kappa shape index (κ3) is 3.28. The number of benzene rings is 1. The number of hydrogen-bond donors (Lipinski definition) is 0. The second kappa shape index (κ2) is 7.07. The number of fused-ring (bicyclic) bond motifs is 1. The average Bonchev–Trinajstić information content (AvgIpc) is 3.42. The number of halogens is 4. The number of rotatable bonds is 5. The lowest BCUT2D eigenvalue weighted by Gasteiger charge is -2.19. The number of pyridine rings is 1. The molecular formula is C21H21ClF3N3. The van der Waals surface area contributed by atoms with E-state index in [4.69, 9.17) is 16.6 Å².